The summed E-state index contributed by atoms with van der Waals surface area (Å²) in [4.78, 5) is 35.0. The first-order valence-corrected chi connectivity index (χ1v) is 23.5. The van der Waals surface area contributed by atoms with Gasteiger partial charge < -0.3 is 29.7 Å². The average molecular weight is 839 g/mol. The maximum Gasteiger partial charge on any atom is 0.472 e. The molecule has 0 saturated heterocycles. The monoisotopic (exact) mass is 839 g/mol. The van der Waals surface area contributed by atoms with E-state index in [1.54, 1.807) is 12.2 Å². The molecule has 0 amide bonds. The summed E-state index contributed by atoms with van der Waals surface area (Å²) >= 11 is 0. The largest absolute Gasteiger partial charge is 0.472 e. The molecule has 0 spiro atoms. The predicted molar refractivity (Wildman–Crippen MR) is 234 cm³/mol. The first-order valence-electron chi connectivity index (χ1n) is 22.0. The van der Waals surface area contributed by atoms with Crippen LogP contribution in [0.25, 0.3) is 0 Å². The quantitative estimate of drug-likeness (QED) is 0.0152. The molecule has 58 heavy (non-hydrogen) atoms. The maximum absolute atomic E-state index is 12.6. The molecule has 0 bridgehead atoms. The molecule has 0 aromatic heterocycles. The van der Waals surface area contributed by atoms with Gasteiger partial charge in [-0.1, -0.05) is 145 Å². The third kappa shape index (κ3) is 40.2. The van der Waals surface area contributed by atoms with Crippen molar-refractivity contribution in [2.24, 2.45) is 0 Å². The number of carbonyl (C=O) groups is 2. The van der Waals surface area contributed by atoms with Gasteiger partial charge in [0.05, 0.1) is 25.9 Å². The summed E-state index contributed by atoms with van der Waals surface area (Å²) in [5.74, 6) is -1.15. The Bertz CT molecular complexity index is 1210. The van der Waals surface area contributed by atoms with E-state index < -0.39 is 64.5 Å². The van der Waals surface area contributed by atoms with Crippen LogP contribution in [0.3, 0.4) is 0 Å². The lowest BCUT2D eigenvalue weighted by molar-refractivity contribution is -0.161. The molecule has 0 aliphatic rings. The van der Waals surface area contributed by atoms with Crippen molar-refractivity contribution in [1.82, 2.24) is 0 Å². The van der Waals surface area contributed by atoms with Crippen LogP contribution in [0.2, 0.25) is 0 Å². The van der Waals surface area contributed by atoms with Crippen molar-refractivity contribution in [3.8, 4) is 0 Å². The molecular weight excluding hydrogens is 759 g/mol. The molecule has 4 atom stereocenters. The van der Waals surface area contributed by atoms with Crippen molar-refractivity contribution in [2.75, 3.05) is 26.4 Å². The summed E-state index contributed by atoms with van der Waals surface area (Å²) in [6, 6.07) is 0. The first-order chi connectivity index (χ1) is 28.1. The molecule has 0 heterocycles. The average Bonchev–Trinajstić information content (AvgIpc) is 3.20. The van der Waals surface area contributed by atoms with Gasteiger partial charge in [-0.25, -0.2) is 4.57 Å². The summed E-state index contributed by atoms with van der Waals surface area (Å²) in [6.07, 6.45) is 43.2. The van der Waals surface area contributed by atoms with E-state index in [0.29, 0.717) is 19.3 Å². The summed E-state index contributed by atoms with van der Waals surface area (Å²) in [7, 11) is -4.67. The fraction of sp³-hybridized carbons (Fsp3) is 0.696. The number of aliphatic hydroxyl groups is 3. The van der Waals surface area contributed by atoms with Crippen molar-refractivity contribution in [3.63, 3.8) is 0 Å². The van der Waals surface area contributed by atoms with E-state index in [0.717, 1.165) is 57.8 Å². The molecule has 0 fully saturated rings. The lowest BCUT2D eigenvalue weighted by Gasteiger charge is -2.20. The number of unbranched alkanes of at least 4 members (excludes halogenated alkanes) is 13. The van der Waals surface area contributed by atoms with Gasteiger partial charge in [-0.2, -0.15) is 0 Å². The fourth-order valence-electron chi connectivity index (χ4n) is 5.48. The van der Waals surface area contributed by atoms with Gasteiger partial charge in [0.1, 0.15) is 12.7 Å². The van der Waals surface area contributed by atoms with E-state index in [1.807, 2.05) is 12.2 Å². The normalized spacial score (nSPS) is 15.1. The summed E-state index contributed by atoms with van der Waals surface area (Å²) < 4.78 is 32.6. The van der Waals surface area contributed by atoms with Crippen LogP contribution in [0.5, 0.6) is 0 Å². The molecule has 4 N–H and O–H groups in total. The molecule has 0 aliphatic carbocycles. The molecule has 0 aromatic carbocycles. The Hall–Kier alpha value is -2.63. The number of esters is 2. The second-order valence-electron chi connectivity index (χ2n) is 14.6. The van der Waals surface area contributed by atoms with E-state index in [9.17, 15) is 29.3 Å². The van der Waals surface area contributed by atoms with Crippen molar-refractivity contribution in [1.29, 1.82) is 0 Å². The molecule has 334 valence electrons. The summed E-state index contributed by atoms with van der Waals surface area (Å²) in [6.45, 7) is 2.09. The lowest BCUT2D eigenvalue weighted by atomic mass is 10.1. The SMILES string of the molecule is CCCCC/C=C\C/C=C\C/C=C\CCCCCCC(=O)O[C@H](COC(=O)CCCC(O)/C=C/C=C/C/C=C/CCCCCCCC)COP(=O)(O)OC[C@@H](O)CO. The van der Waals surface area contributed by atoms with E-state index in [1.165, 1.54) is 57.8 Å². The minimum atomic E-state index is -4.67. The van der Waals surface area contributed by atoms with Crippen LogP contribution >= 0.6 is 7.82 Å². The van der Waals surface area contributed by atoms with Crippen LogP contribution in [0.1, 0.15) is 162 Å². The molecule has 0 aliphatic heterocycles. The van der Waals surface area contributed by atoms with Crippen molar-refractivity contribution in [3.05, 3.63) is 72.9 Å². The van der Waals surface area contributed by atoms with Crippen molar-refractivity contribution in [2.45, 2.75) is 180 Å². The summed E-state index contributed by atoms with van der Waals surface area (Å²) in [5.41, 5.74) is 0. The molecule has 0 radical (unpaired) electrons. The minimum absolute atomic E-state index is 0.00898. The molecule has 11 nitrogen and oxygen atoms in total. The highest BCUT2D eigenvalue weighted by Crippen LogP contribution is 2.43. The highest BCUT2D eigenvalue weighted by atomic mass is 31.2. The van der Waals surface area contributed by atoms with E-state index >= 15 is 0 Å². The zero-order valence-electron chi connectivity index (χ0n) is 35.8. The zero-order chi connectivity index (χ0) is 42.8. The van der Waals surface area contributed by atoms with Crippen LogP contribution in [-0.4, -0.2) is 76.9 Å². The number of carbonyl (C=O) groups excluding carboxylic acids is 2. The Morgan fingerprint density at radius 2 is 1.09 bits per heavy atom. The van der Waals surface area contributed by atoms with Crippen LogP contribution in [0.15, 0.2) is 72.9 Å². The van der Waals surface area contributed by atoms with E-state index in [4.69, 9.17) is 19.1 Å². The standard InChI is InChI=1S/C46H79O11P/c1-3-5-7-9-11-13-15-17-18-19-20-22-24-26-28-30-32-36-46(51)57-44(41-56-58(52,53)55-39-43(49)38-47)40-54-45(50)37-33-35-42(48)34-31-29-27-25-23-21-16-14-12-10-8-6-4-2/h11,13,17-18,20-23,27,29,31,34,42-44,47-49H,3-10,12,14-16,19,24-26,28,30,32-33,35-41H2,1-2H3,(H,52,53)/b13-11-,18-17-,22-20-,23-21+,29-27+,34-31+/t42?,43-,44+/m0/s1. The third-order valence-electron chi connectivity index (χ3n) is 8.94. The fourth-order valence-corrected chi connectivity index (χ4v) is 6.27. The highest BCUT2D eigenvalue weighted by molar-refractivity contribution is 7.47. The number of aliphatic hydroxyl groups excluding tert-OH is 3. The second-order valence-corrected chi connectivity index (χ2v) is 16.0. The Morgan fingerprint density at radius 1 is 0.586 bits per heavy atom. The van der Waals surface area contributed by atoms with Gasteiger partial charge in [-0.15, -0.1) is 0 Å². The van der Waals surface area contributed by atoms with Gasteiger partial charge >= 0.3 is 19.8 Å². The maximum atomic E-state index is 12.6. The van der Waals surface area contributed by atoms with Crippen LogP contribution in [-0.2, 0) is 32.7 Å². The van der Waals surface area contributed by atoms with Gasteiger partial charge in [-0.3, -0.25) is 18.6 Å². The van der Waals surface area contributed by atoms with Crippen LogP contribution in [0.4, 0.5) is 0 Å². The molecular formula is C46H79O11P. The van der Waals surface area contributed by atoms with E-state index in [2.05, 4.69) is 67.0 Å². The number of allylic oxidation sites excluding steroid dienone is 11. The zero-order valence-corrected chi connectivity index (χ0v) is 36.7. The number of phosphoric ester groups is 1. The Labute approximate surface area is 351 Å². The Balaban J connectivity index is 4.53. The predicted octanol–water partition coefficient (Wildman–Crippen LogP) is 10.6. The smallest absolute Gasteiger partial charge is 0.462 e. The van der Waals surface area contributed by atoms with Crippen molar-refractivity contribution < 1.29 is 52.9 Å². The second kappa shape index (κ2) is 41.1. The highest BCUT2D eigenvalue weighted by Gasteiger charge is 2.27. The van der Waals surface area contributed by atoms with Gasteiger partial charge in [0.15, 0.2) is 6.10 Å². The number of hydrogen-bond acceptors (Lipinski definition) is 10. The third-order valence-corrected chi connectivity index (χ3v) is 9.89. The minimum Gasteiger partial charge on any atom is -0.462 e. The lowest BCUT2D eigenvalue weighted by Crippen LogP contribution is -2.30. The summed E-state index contributed by atoms with van der Waals surface area (Å²) in [5, 5.41) is 28.6. The number of hydrogen-bond donors (Lipinski definition) is 4. The Morgan fingerprint density at radius 3 is 1.71 bits per heavy atom. The number of phosphoric acid groups is 1. The van der Waals surface area contributed by atoms with Crippen LogP contribution in [0, 0.1) is 0 Å². The topological polar surface area (TPSA) is 169 Å². The van der Waals surface area contributed by atoms with Gasteiger partial charge in [0.25, 0.3) is 0 Å². The van der Waals surface area contributed by atoms with Gasteiger partial charge in [-0.05, 0) is 77.0 Å². The first kappa shape index (κ1) is 55.4. The van der Waals surface area contributed by atoms with Gasteiger partial charge in [0, 0.05) is 12.8 Å². The van der Waals surface area contributed by atoms with Gasteiger partial charge in [0.2, 0.25) is 0 Å². The molecule has 0 rings (SSSR count). The Kier molecular flexibility index (Phi) is 39.3. The molecule has 2 unspecified atom stereocenters. The molecule has 12 heteroatoms. The van der Waals surface area contributed by atoms with E-state index in [-0.39, 0.29) is 12.8 Å². The van der Waals surface area contributed by atoms with Crippen molar-refractivity contribution >= 4 is 19.8 Å². The molecule has 0 aromatic rings. The molecule has 0 saturated carbocycles. The number of rotatable bonds is 40. The number of ether oxygens (including phenoxy) is 2. The van der Waals surface area contributed by atoms with Crippen LogP contribution < -0.4 is 0 Å².